The van der Waals surface area contributed by atoms with Crippen LogP contribution in [0.15, 0.2) is 41.8 Å². The summed E-state index contributed by atoms with van der Waals surface area (Å²) in [7, 11) is 0. The Bertz CT molecular complexity index is 730. The quantitative estimate of drug-likeness (QED) is 0.878. The zero-order valence-corrected chi connectivity index (χ0v) is 15.1. The lowest BCUT2D eigenvalue weighted by atomic mass is 9.97. The molecule has 1 fully saturated rings. The highest BCUT2D eigenvalue weighted by Crippen LogP contribution is 2.20. The molecule has 1 saturated heterocycles. The summed E-state index contributed by atoms with van der Waals surface area (Å²) in [4.78, 5) is 27.8. The third-order valence-electron chi connectivity index (χ3n) is 4.48. The van der Waals surface area contributed by atoms with Crippen molar-refractivity contribution in [2.24, 2.45) is 5.92 Å². The van der Waals surface area contributed by atoms with Crippen molar-refractivity contribution in [1.82, 2.24) is 10.2 Å². The fraction of sp³-hybridized carbons (Fsp3) is 0.368. The predicted molar refractivity (Wildman–Crippen MR) is 101 cm³/mol. The van der Waals surface area contributed by atoms with Crippen LogP contribution in [0.4, 0.5) is 10.5 Å². The Morgan fingerprint density at radius 3 is 2.84 bits per heavy atom. The molecule has 132 valence electrons. The van der Waals surface area contributed by atoms with E-state index >= 15 is 0 Å². The molecule has 3 amide bonds. The van der Waals surface area contributed by atoms with Crippen LogP contribution >= 0.6 is 11.3 Å². The second-order valence-corrected chi connectivity index (χ2v) is 7.36. The minimum Gasteiger partial charge on any atom is -0.333 e. The number of urea groups is 1. The van der Waals surface area contributed by atoms with E-state index < -0.39 is 0 Å². The highest BCUT2D eigenvalue weighted by molar-refractivity contribution is 7.09. The van der Waals surface area contributed by atoms with Gasteiger partial charge < -0.3 is 15.5 Å². The number of amides is 3. The summed E-state index contributed by atoms with van der Waals surface area (Å²) < 4.78 is 0. The molecule has 25 heavy (non-hydrogen) atoms. The van der Waals surface area contributed by atoms with Crippen molar-refractivity contribution < 1.29 is 9.59 Å². The third-order valence-corrected chi connectivity index (χ3v) is 5.35. The lowest BCUT2D eigenvalue weighted by molar-refractivity contribution is -0.121. The molecule has 0 spiro atoms. The lowest BCUT2D eigenvalue weighted by Gasteiger charge is -2.32. The Labute approximate surface area is 152 Å². The van der Waals surface area contributed by atoms with E-state index in [1.807, 2.05) is 48.7 Å². The van der Waals surface area contributed by atoms with E-state index in [9.17, 15) is 9.59 Å². The second kappa shape index (κ2) is 8.16. The van der Waals surface area contributed by atoms with Gasteiger partial charge in [0.05, 0.1) is 12.5 Å². The lowest BCUT2D eigenvalue weighted by Crippen LogP contribution is -2.47. The molecule has 2 N–H and O–H groups in total. The molecule has 1 atom stereocenters. The molecule has 0 bridgehead atoms. The number of rotatable bonds is 4. The van der Waals surface area contributed by atoms with Gasteiger partial charge in [-0.1, -0.05) is 24.3 Å². The van der Waals surface area contributed by atoms with Crippen molar-refractivity contribution in [3.8, 4) is 0 Å². The van der Waals surface area contributed by atoms with Crippen LogP contribution in [0.3, 0.4) is 0 Å². The van der Waals surface area contributed by atoms with Crippen molar-refractivity contribution in [3.05, 3.63) is 52.2 Å². The number of benzene rings is 1. The normalized spacial score (nSPS) is 17.2. The molecule has 0 aliphatic carbocycles. The Morgan fingerprint density at radius 1 is 1.24 bits per heavy atom. The molecule has 2 heterocycles. The number of carbonyl (C=O) groups excluding carboxylic acids is 2. The smallest absolute Gasteiger partial charge is 0.317 e. The number of aryl methyl sites for hydroxylation is 1. The fourth-order valence-corrected chi connectivity index (χ4v) is 3.66. The molecular weight excluding hydrogens is 334 g/mol. The third kappa shape index (κ3) is 4.60. The first-order valence-corrected chi connectivity index (χ1v) is 9.43. The van der Waals surface area contributed by atoms with Gasteiger partial charge in [-0.05, 0) is 42.8 Å². The maximum absolute atomic E-state index is 12.6. The number of para-hydroxylation sites is 1. The Morgan fingerprint density at radius 2 is 2.08 bits per heavy atom. The van der Waals surface area contributed by atoms with Gasteiger partial charge in [0.2, 0.25) is 5.91 Å². The number of piperidine rings is 1. The molecule has 0 saturated carbocycles. The van der Waals surface area contributed by atoms with Crippen LogP contribution in [0.1, 0.15) is 23.3 Å². The minimum atomic E-state index is -0.166. The number of likely N-dealkylation sites (tertiary alicyclic amines) is 1. The number of nitrogens with one attached hydrogen (secondary N) is 2. The van der Waals surface area contributed by atoms with Crippen LogP contribution in [0, 0.1) is 12.8 Å². The van der Waals surface area contributed by atoms with Gasteiger partial charge >= 0.3 is 6.03 Å². The molecule has 5 nitrogen and oxygen atoms in total. The molecule has 1 aromatic heterocycles. The second-order valence-electron chi connectivity index (χ2n) is 6.33. The summed E-state index contributed by atoms with van der Waals surface area (Å²) in [6.45, 7) is 3.67. The summed E-state index contributed by atoms with van der Waals surface area (Å²) in [6.07, 6.45) is 1.66. The van der Waals surface area contributed by atoms with E-state index in [1.54, 1.807) is 16.2 Å². The van der Waals surface area contributed by atoms with Gasteiger partial charge in [-0.15, -0.1) is 11.3 Å². The number of carbonyl (C=O) groups is 2. The van der Waals surface area contributed by atoms with E-state index in [-0.39, 0.29) is 17.9 Å². The van der Waals surface area contributed by atoms with Gasteiger partial charge in [-0.2, -0.15) is 0 Å². The minimum absolute atomic E-state index is 0.00921. The van der Waals surface area contributed by atoms with Crippen molar-refractivity contribution in [3.63, 3.8) is 0 Å². The van der Waals surface area contributed by atoms with E-state index in [2.05, 4.69) is 10.6 Å². The van der Waals surface area contributed by atoms with Crippen LogP contribution in [-0.4, -0.2) is 29.9 Å². The van der Waals surface area contributed by atoms with Gasteiger partial charge in [0.1, 0.15) is 0 Å². The van der Waals surface area contributed by atoms with Gasteiger partial charge in [-0.3, -0.25) is 4.79 Å². The zero-order chi connectivity index (χ0) is 17.6. The Hall–Kier alpha value is -2.34. The van der Waals surface area contributed by atoms with Gasteiger partial charge in [-0.25, -0.2) is 4.79 Å². The number of hydrogen-bond donors (Lipinski definition) is 2. The number of anilines is 1. The highest BCUT2D eigenvalue weighted by Gasteiger charge is 2.28. The van der Waals surface area contributed by atoms with Crippen molar-refractivity contribution in [2.75, 3.05) is 18.4 Å². The van der Waals surface area contributed by atoms with Crippen LogP contribution in [0.25, 0.3) is 0 Å². The maximum Gasteiger partial charge on any atom is 0.317 e. The molecule has 3 rings (SSSR count). The summed E-state index contributed by atoms with van der Waals surface area (Å²) in [6, 6.07) is 11.6. The molecule has 0 radical (unpaired) electrons. The predicted octanol–water partition coefficient (Wildman–Crippen LogP) is 3.62. The average molecular weight is 357 g/mol. The highest BCUT2D eigenvalue weighted by atomic mass is 32.1. The summed E-state index contributed by atoms with van der Waals surface area (Å²) in [5.41, 5.74) is 1.88. The van der Waals surface area contributed by atoms with Crippen molar-refractivity contribution in [2.45, 2.75) is 26.3 Å². The van der Waals surface area contributed by atoms with Crippen molar-refractivity contribution >= 4 is 29.0 Å². The first-order valence-electron chi connectivity index (χ1n) is 8.55. The topological polar surface area (TPSA) is 61.4 Å². The standard InChI is InChI=1S/C19H23N3O2S/c1-14-6-2-3-9-17(14)21-18(23)15-7-4-10-22(13-15)19(24)20-12-16-8-5-11-25-16/h2-3,5-6,8-9,11,15H,4,7,10,12-13H2,1H3,(H,20,24)(H,21,23). The summed E-state index contributed by atoms with van der Waals surface area (Å²) in [5, 5.41) is 7.93. The number of nitrogens with zero attached hydrogens (tertiary/aromatic N) is 1. The molecule has 2 aromatic rings. The van der Waals surface area contributed by atoms with Crippen LogP contribution in [0.2, 0.25) is 0 Å². The van der Waals surface area contributed by atoms with E-state index in [1.165, 1.54) is 0 Å². The van der Waals surface area contributed by atoms with Crippen molar-refractivity contribution in [1.29, 1.82) is 0 Å². The number of thiophene rings is 1. The molecule has 1 aromatic carbocycles. The maximum atomic E-state index is 12.6. The van der Waals surface area contributed by atoms with E-state index in [4.69, 9.17) is 0 Å². The first-order chi connectivity index (χ1) is 12.1. The van der Waals surface area contributed by atoms with Gasteiger partial charge in [0.25, 0.3) is 0 Å². The van der Waals surface area contributed by atoms with Crippen LogP contribution < -0.4 is 10.6 Å². The molecule has 1 unspecified atom stereocenters. The van der Waals surface area contributed by atoms with E-state index in [0.717, 1.165) is 29.0 Å². The molecule has 6 heteroatoms. The van der Waals surface area contributed by atoms with Crippen LogP contribution in [0.5, 0.6) is 0 Å². The number of hydrogen-bond acceptors (Lipinski definition) is 3. The SMILES string of the molecule is Cc1ccccc1NC(=O)C1CCCN(C(=O)NCc2cccs2)C1. The Kier molecular flexibility index (Phi) is 5.71. The van der Waals surface area contributed by atoms with Gasteiger partial charge in [0, 0.05) is 23.7 Å². The molecule has 1 aliphatic rings. The molecular formula is C19H23N3O2S. The molecule has 1 aliphatic heterocycles. The average Bonchev–Trinajstić information content (AvgIpc) is 3.15. The summed E-state index contributed by atoms with van der Waals surface area (Å²) in [5.74, 6) is -0.175. The monoisotopic (exact) mass is 357 g/mol. The zero-order valence-electron chi connectivity index (χ0n) is 14.3. The largest absolute Gasteiger partial charge is 0.333 e. The Balaban J connectivity index is 1.54. The fourth-order valence-electron chi connectivity index (χ4n) is 3.01. The van der Waals surface area contributed by atoms with Gasteiger partial charge in [0.15, 0.2) is 0 Å². The van der Waals surface area contributed by atoms with Crippen LogP contribution in [-0.2, 0) is 11.3 Å². The van der Waals surface area contributed by atoms with E-state index in [0.29, 0.717) is 19.6 Å². The summed E-state index contributed by atoms with van der Waals surface area (Å²) >= 11 is 1.62. The first kappa shape index (κ1) is 17.5.